The van der Waals surface area contributed by atoms with Gasteiger partial charge in [-0.05, 0) is 57.3 Å². The molecule has 3 rings (SSSR count). The summed E-state index contributed by atoms with van der Waals surface area (Å²) in [5.74, 6) is -1.44. The second-order valence-electron chi connectivity index (χ2n) is 8.69. The van der Waals surface area contributed by atoms with Gasteiger partial charge in [0.2, 0.25) is 0 Å². The Balaban J connectivity index is 1.86. The van der Waals surface area contributed by atoms with Gasteiger partial charge in [-0.3, -0.25) is 9.59 Å². The van der Waals surface area contributed by atoms with Gasteiger partial charge in [0.1, 0.15) is 12.4 Å². The highest BCUT2D eigenvalue weighted by Gasteiger charge is 2.38. The van der Waals surface area contributed by atoms with Crippen molar-refractivity contribution in [1.29, 1.82) is 0 Å². The third-order valence-corrected chi connectivity index (χ3v) is 6.13. The van der Waals surface area contributed by atoms with Crippen LogP contribution < -0.4 is 16.0 Å². The zero-order chi connectivity index (χ0) is 27.1. The number of fused-ring (bicyclic) bond motifs is 1. The molecule has 1 aliphatic heterocycles. The molecule has 2 aromatic rings. The number of H-pyrrole nitrogens is 1. The van der Waals surface area contributed by atoms with Crippen LogP contribution in [0.4, 0.5) is 14.9 Å². The topological polar surface area (TPSA) is 130 Å². The Kier molecular flexibility index (Phi) is 9.56. The average Bonchev–Trinajstić information content (AvgIpc) is 3.30. The Morgan fingerprint density at radius 2 is 2.00 bits per heavy atom. The Labute approximate surface area is 215 Å². The number of aromatic amines is 1. The minimum Gasteiger partial charge on any atom is -0.446 e. The van der Waals surface area contributed by atoms with Gasteiger partial charge in [-0.25, -0.2) is 14.1 Å². The lowest BCUT2D eigenvalue weighted by molar-refractivity contribution is -0.112. The number of aromatic nitrogens is 1. The minimum atomic E-state index is -0.894. The summed E-state index contributed by atoms with van der Waals surface area (Å²) in [6.07, 6.45) is 0.636. The number of anilines is 1. The Morgan fingerprint density at radius 3 is 2.70 bits per heavy atom. The molecule has 0 unspecified atom stereocenters. The number of ether oxygens (including phenoxy) is 2. The number of aryl methyl sites for hydroxylation is 1. The molecule has 0 atom stereocenters. The van der Waals surface area contributed by atoms with Gasteiger partial charge >= 0.3 is 6.09 Å². The minimum absolute atomic E-state index is 0.0698. The number of rotatable bonds is 11. The van der Waals surface area contributed by atoms with Crippen LogP contribution in [-0.4, -0.2) is 80.8 Å². The SMILES string of the molecule is CCN(C)CCNC(=O)c1c(C)[nH]c(/C=C2\C(=O)N(C(=O)OCCOCCN)c3ccc(F)cc32)c1C. The summed E-state index contributed by atoms with van der Waals surface area (Å²) in [7, 11) is 1.97. The molecule has 0 saturated heterocycles. The van der Waals surface area contributed by atoms with Crippen LogP contribution in [-0.2, 0) is 14.3 Å². The second kappa shape index (κ2) is 12.6. The number of nitrogens with one attached hydrogen (secondary N) is 2. The first-order chi connectivity index (χ1) is 17.7. The zero-order valence-electron chi connectivity index (χ0n) is 21.7. The number of amides is 3. The van der Waals surface area contributed by atoms with E-state index in [0.717, 1.165) is 11.4 Å². The van der Waals surface area contributed by atoms with Gasteiger partial charge < -0.3 is 30.4 Å². The van der Waals surface area contributed by atoms with Crippen molar-refractivity contribution in [2.75, 3.05) is 57.9 Å². The van der Waals surface area contributed by atoms with Crippen LogP contribution in [0.15, 0.2) is 18.2 Å². The summed E-state index contributed by atoms with van der Waals surface area (Å²) in [6.45, 7) is 8.36. The van der Waals surface area contributed by atoms with Crippen LogP contribution in [0.25, 0.3) is 11.6 Å². The first-order valence-corrected chi connectivity index (χ1v) is 12.2. The fourth-order valence-electron chi connectivity index (χ4n) is 4.03. The van der Waals surface area contributed by atoms with Gasteiger partial charge in [0.05, 0.1) is 30.0 Å². The maximum absolute atomic E-state index is 14.1. The quantitative estimate of drug-likeness (QED) is 0.310. The van der Waals surface area contributed by atoms with Crippen LogP contribution in [0.5, 0.6) is 0 Å². The largest absolute Gasteiger partial charge is 0.446 e. The van der Waals surface area contributed by atoms with Crippen molar-refractivity contribution in [3.8, 4) is 0 Å². The molecule has 11 heteroatoms. The number of nitrogens with zero attached hydrogens (tertiary/aromatic N) is 2. The molecule has 1 aliphatic rings. The zero-order valence-corrected chi connectivity index (χ0v) is 21.7. The van der Waals surface area contributed by atoms with Crippen molar-refractivity contribution < 1.29 is 28.2 Å². The molecule has 0 saturated carbocycles. The molecule has 2 heterocycles. The summed E-state index contributed by atoms with van der Waals surface area (Å²) >= 11 is 0. The van der Waals surface area contributed by atoms with Crippen molar-refractivity contribution in [3.05, 3.63) is 52.1 Å². The lowest BCUT2D eigenvalue weighted by atomic mass is 10.0. The van der Waals surface area contributed by atoms with Gasteiger partial charge in [0, 0.05) is 36.6 Å². The lowest BCUT2D eigenvalue weighted by Crippen LogP contribution is -2.34. The van der Waals surface area contributed by atoms with Crippen molar-refractivity contribution >= 4 is 35.2 Å². The number of nitrogens with two attached hydrogens (primary N) is 1. The van der Waals surface area contributed by atoms with Gasteiger partial charge in [0.15, 0.2) is 0 Å². The molecule has 0 fully saturated rings. The van der Waals surface area contributed by atoms with Gasteiger partial charge in [0.25, 0.3) is 11.8 Å². The molecule has 1 aromatic carbocycles. The third-order valence-electron chi connectivity index (χ3n) is 6.13. The average molecular weight is 516 g/mol. The highest BCUT2D eigenvalue weighted by Crippen LogP contribution is 2.39. The second-order valence-corrected chi connectivity index (χ2v) is 8.69. The molecular weight excluding hydrogens is 481 g/mol. The molecule has 0 spiro atoms. The van der Waals surface area contributed by atoms with E-state index in [1.807, 2.05) is 14.0 Å². The molecule has 10 nitrogen and oxygen atoms in total. The van der Waals surface area contributed by atoms with Gasteiger partial charge in [-0.1, -0.05) is 6.92 Å². The monoisotopic (exact) mass is 515 g/mol. The Morgan fingerprint density at radius 1 is 1.24 bits per heavy atom. The maximum atomic E-state index is 14.1. The van der Waals surface area contributed by atoms with Crippen molar-refractivity contribution in [2.24, 2.45) is 5.73 Å². The number of imide groups is 1. The van der Waals surface area contributed by atoms with Crippen LogP contribution in [0.3, 0.4) is 0 Å². The van der Waals surface area contributed by atoms with E-state index in [0.29, 0.717) is 48.8 Å². The first-order valence-electron chi connectivity index (χ1n) is 12.2. The summed E-state index contributed by atoms with van der Waals surface area (Å²) in [6, 6.07) is 3.72. The van der Waals surface area contributed by atoms with E-state index >= 15 is 0 Å². The fraction of sp³-hybridized carbons (Fsp3) is 0.423. The lowest BCUT2D eigenvalue weighted by Gasteiger charge is -2.15. The maximum Gasteiger partial charge on any atom is 0.421 e. The van der Waals surface area contributed by atoms with Crippen LogP contribution in [0.1, 0.15) is 39.8 Å². The predicted octanol–water partition coefficient (Wildman–Crippen LogP) is 2.45. The van der Waals surface area contributed by atoms with E-state index in [4.69, 9.17) is 15.2 Å². The van der Waals surface area contributed by atoms with Crippen molar-refractivity contribution in [1.82, 2.24) is 15.2 Å². The standard InChI is InChI=1S/C26H34FN5O5/c1-5-31(4)10-9-29-24(33)23-16(2)21(30-17(23)3)15-20-19-14-18(27)6-7-22(19)32(25(20)34)26(35)37-13-12-36-11-8-28/h6-7,14-15,30H,5,8-13,28H2,1-4H3,(H,29,33)/b20-15-. The number of hydrogen-bond donors (Lipinski definition) is 3. The van der Waals surface area contributed by atoms with E-state index in [1.54, 1.807) is 13.8 Å². The molecule has 3 amide bonds. The molecule has 1 aromatic heterocycles. The predicted molar refractivity (Wildman–Crippen MR) is 139 cm³/mol. The first kappa shape index (κ1) is 28.0. The molecular formula is C26H34FN5O5. The molecule has 200 valence electrons. The Bertz CT molecular complexity index is 1190. The van der Waals surface area contributed by atoms with E-state index < -0.39 is 17.8 Å². The summed E-state index contributed by atoms with van der Waals surface area (Å²) in [5, 5.41) is 2.91. The summed E-state index contributed by atoms with van der Waals surface area (Å²) < 4.78 is 24.5. The number of likely N-dealkylation sites (N-methyl/N-ethyl adjacent to an activating group) is 1. The Hall–Kier alpha value is -3.54. The smallest absolute Gasteiger partial charge is 0.421 e. The van der Waals surface area contributed by atoms with E-state index in [2.05, 4.69) is 15.2 Å². The molecule has 37 heavy (non-hydrogen) atoms. The highest BCUT2D eigenvalue weighted by molar-refractivity contribution is 6.41. The van der Waals surface area contributed by atoms with E-state index in [-0.39, 0.29) is 35.9 Å². The fourth-order valence-corrected chi connectivity index (χ4v) is 4.03. The number of carbonyl (C=O) groups is 3. The van der Waals surface area contributed by atoms with E-state index in [9.17, 15) is 18.8 Å². The highest BCUT2D eigenvalue weighted by atomic mass is 19.1. The third kappa shape index (κ3) is 6.43. The molecule has 4 N–H and O–H groups in total. The number of carbonyl (C=O) groups excluding carboxylic acids is 3. The number of benzene rings is 1. The van der Waals surface area contributed by atoms with Crippen LogP contribution in [0, 0.1) is 19.7 Å². The van der Waals surface area contributed by atoms with Crippen molar-refractivity contribution in [3.63, 3.8) is 0 Å². The normalized spacial score (nSPS) is 14.0. The number of halogens is 1. The van der Waals surface area contributed by atoms with Crippen LogP contribution in [0.2, 0.25) is 0 Å². The van der Waals surface area contributed by atoms with Crippen molar-refractivity contribution in [2.45, 2.75) is 20.8 Å². The summed E-state index contributed by atoms with van der Waals surface area (Å²) in [4.78, 5) is 45.0. The van der Waals surface area contributed by atoms with Crippen LogP contribution >= 0.6 is 0 Å². The molecule has 0 radical (unpaired) electrons. The summed E-state index contributed by atoms with van der Waals surface area (Å²) in [5.41, 5.74) is 8.18. The van der Waals surface area contributed by atoms with E-state index in [1.165, 1.54) is 24.3 Å². The van der Waals surface area contributed by atoms with Gasteiger partial charge in [-0.15, -0.1) is 0 Å². The molecule has 0 aliphatic carbocycles. The van der Waals surface area contributed by atoms with Gasteiger partial charge in [-0.2, -0.15) is 0 Å². The molecule has 0 bridgehead atoms. The number of hydrogen-bond acceptors (Lipinski definition) is 7.